The van der Waals surface area contributed by atoms with E-state index < -0.39 is 22.0 Å². The maximum Gasteiger partial charge on any atom is 0.223 e. The van der Waals surface area contributed by atoms with Gasteiger partial charge in [-0.3, -0.25) is 4.79 Å². The SMILES string of the molecule is O=C(N[C@H]1CS(=O)(=O)C[C@@H]1O)C1CC1. The molecule has 0 aromatic rings. The number of aliphatic hydroxyl groups excluding tert-OH is 1. The first-order valence-corrected chi connectivity index (χ1v) is 6.49. The zero-order valence-electron chi connectivity index (χ0n) is 7.64. The molecule has 2 fully saturated rings. The average molecular weight is 219 g/mol. The molecule has 2 rings (SSSR count). The van der Waals surface area contributed by atoms with Crippen molar-refractivity contribution in [2.75, 3.05) is 11.5 Å². The van der Waals surface area contributed by atoms with Crippen molar-refractivity contribution in [3.05, 3.63) is 0 Å². The molecule has 1 aliphatic heterocycles. The Labute approximate surface area is 82.4 Å². The van der Waals surface area contributed by atoms with Gasteiger partial charge in [-0.1, -0.05) is 0 Å². The van der Waals surface area contributed by atoms with Crippen LogP contribution in [0.5, 0.6) is 0 Å². The number of carbonyl (C=O) groups is 1. The van der Waals surface area contributed by atoms with Gasteiger partial charge in [-0.2, -0.15) is 0 Å². The Kier molecular flexibility index (Phi) is 2.27. The molecular weight excluding hydrogens is 206 g/mol. The van der Waals surface area contributed by atoms with Crippen LogP contribution in [0.3, 0.4) is 0 Å². The number of carbonyl (C=O) groups excluding carboxylic acids is 1. The molecule has 5 nitrogen and oxygen atoms in total. The normalized spacial score (nSPS) is 35.5. The van der Waals surface area contributed by atoms with E-state index in [1.807, 2.05) is 0 Å². The summed E-state index contributed by atoms with van der Waals surface area (Å²) in [6.07, 6.45) is 0.811. The molecule has 2 N–H and O–H groups in total. The smallest absolute Gasteiger partial charge is 0.223 e. The van der Waals surface area contributed by atoms with E-state index in [0.717, 1.165) is 12.8 Å². The van der Waals surface area contributed by atoms with Gasteiger partial charge in [0.15, 0.2) is 9.84 Å². The number of hydrogen-bond acceptors (Lipinski definition) is 4. The monoisotopic (exact) mass is 219 g/mol. The van der Waals surface area contributed by atoms with E-state index in [9.17, 15) is 18.3 Å². The topological polar surface area (TPSA) is 83.5 Å². The van der Waals surface area contributed by atoms with E-state index >= 15 is 0 Å². The van der Waals surface area contributed by atoms with Crippen molar-refractivity contribution in [2.45, 2.75) is 25.0 Å². The number of amides is 1. The summed E-state index contributed by atoms with van der Waals surface area (Å²) in [6.45, 7) is 0. The van der Waals surface area contributed by atoms with Gasteiger partial charge in [0.25, 0.3) is 0 Å². The molecule has 0 aromatic carbocycles. The van der Waals surface area contributed by atoms with Crippen molar-refractivity contribution in [2.24, 2.45) is 5.92 Å². The zero-order chi connectivity index (χ0) is 10.3. The summed E-state index contributed by atoms with van der Waals surface area (Å²) in [5, 5.41) is 12.0. The van der Waals surface area contributed by atoms with Gasteiger partial charge >= 0.3 is 0 Å². The lowest BCUT2D eigenvalue weighted by molar-refractivity contribution is -0.123. The minimum absolute atomic E-state index is 0.0468. The van der Waals surface area contributed by atoms with E-state index in [-0.39, 0.29) is 23.3 Å². The van der Waals surface area contributed by atoms with Crippen LogP contribution in [0.25, 0.3) is 0 Å². The molecule has 1 aliphatic carbocycles. The van der Waals surface area contributed by atoms with Crippen LogP contribution >= 0.6 is 0 Å². The van der Waals surface area contributed by atoms with Crippen LogP contribution < -0.4 is 5.32 Å². The van der Waals surface area contributed by atoms with Gasteiger partial charge < -0.3 is 10.4 Å². The van der Waals surface area contributed by atoms with Crippen molar-refractivity contribution in [3.63, 3.8) is 0 Å². The Morgan fingerprint density at radius 1 is 1.29 bits per heavy atom. The predicted octanol–water partition coefficient (Wildman–Crippen LogP) is -1.33. The number of rotatable bonds is 2. The maximum absolute atomic E-state index is 11.3. The molecule has 0 aromatic heterocycles. The Balaban J connectivity index is 1.95. The van der Waals surface area contributed by atoms with Crippen LogP contribution in [0, 0.1) is 5.92 Å². The van der Waals surface area contributed by atoms with E-state index in [0.29, 0.717) is 0 Å². The van der Waals surface area contributed by atoms with E-state index in [1.165, 1.54) is 0 Å². The van der Waals surface area contributed by atoms with Gasteiger partial charge in [0.05, 0.1) is 23.7 Å². The van der Waals surface area contributed by atoms with Crippen molar-refractivity contribution in [3.8, 4) is 0 Å². The van der Waals surface area contributed by atoms with Crippen LogP contribution in [0.2, 0.25) is 0 Å². The van der Waals surface area contributed by atoms with Crippen LogP contribution in [0.1, 0.15) is 12.8 Å². The second-order valence-corrected chi connectivity index (χ2v) is 6.19. The molecule has 2 atom stereocenters. The molecule has 2 aliphatic rings. The van der Waals surface area contributed by atoms with Crippen LogP contribution in [0.15, 0.2) is 0 Å². The first-order valence-electron chi connectivity index (χ1n) is 4.67. The Bertz CT molecular complexity index is 346. The zero-order valence-corrected chi connectivity index (χ0v) is 8.46. The molecule has 1 heterocycles. The summed E-state index contributed by atoms with van der Waals surface area (Å²) in [5.41, 5.74) is 0. The maximum atomic E-state index is 11.3. The van der Waals surface area contributed by atoms with Crippen LogP contribution in [0.4, 0.5) is 0 Å². The summed E-state index contributed by atoms with van der Waals surface area (Å²) in [6, 6.07) is -0.604. The minimum Gasteiger partial charge on any atom is -0.390 e. The van der Waals surface area contributed by atoms with Crippen molar-refractivity contribution < 1.29 is 18.3 Å². The molecule has 14 heavy (non-hydrogen) atoms. The third-order valence-corrected chi connectivity index (χ3v) is 4.31. The molecule has 0 radical (unpaired) electrons. The third kappa shape index (κ3) is 2.06. The van der Waals surface area contributed by atoms with E-state index in [1.54, 1.807) is 0 Å². The average Bonchev–Trinajstić information content (AvgIpc) is 2.79. The quantitative estimate of drug-likeness (QED) is 0.603. The standard InChI is InChI=1S/C8H13NO4S/c10-7-4-14(12,13)3-6(7)9-8(11)5-1-2-5/h5-7,10H,1-4H2,(H,9,11)/t6-,7-/m0/s1. The molecule has 1 amide bonds. The fraction of sp³-hybridized carbons (Fsp3) is 0.875. The molecule has 80 valence electrons. The van der Waals surface area contributed by atoms with Gasteiger partial charge in [-0.15, -0.1) is 0 Å². The van der Waals surface area contributed by atoms with Crippen molar-refractivity contribution in [1.29, 1.82) is 0 Å². The Morgan fingerprint density at radius 3 is 2.36 bits per heavy atom. The summed E-state index contributed by atoms with van der Waals surface area (Å²) < 4.78 is 22.2. The largest absolute Gasteiger partial charge is 0.390 e. The lowest BCUT2D eigenvalue weighted by Crippen LogP contribution is -2.43. The summed E-state index contributed by atoms with van der Waals surface area (Å²) >= 11 is 0. The number of hydrogen-bond donors (Lipinski definition) is 2. The lowest BCUT2D eigenvalue weighted by atomic mass is 10.2. The fourth-order valence-corrected chi connectivity index (χ4v) is 3.35. The fourth-order valence-electron chi connectivity index (χ4n) is 1.61. The van der Waals surface area contributed by atoms with Crippen molar-refractivity contribution >= 4 is 15.7 Å². The van der Waals surface area contributed by atoms with Gasteiger partial charge in [0.1, 0.15) is 0 Å². The summed E-state index contributed by atoms with van der Waals surface area (Å²) in [4.78, 5) is 11.3. The first kappa shape index (κ1) is 9.92. The number of nitrogens with one attached hydrogen (secondary N) is 1. The highest BCUT2D eigenvalue weighted by Crippen LogP contribution is 2.29. The second-order valence-electron chi connectivity index (χ2n) is 4.03. The first-order chi connectivity index (χ1) is 6.48. The van der Waals surface area contributed by atoms with Gasteiger partial charge in [0.2, 0.25) is 5.91 Å². The van der Waals surface area contributed by atoms with Crippen LogP contribution in [-0.2, 0) is 14.6 Å². The minimum atomic E-state index is -3.16. The van der Waals surface area contributed by atoms with E-state index in [2.05, 4.69) is 5.32 Å². The third-order valence-electron chi connectivity index (χ3n) is 2.60. The lowest BCUT2D eigenvalue weighted by Gasteiger charge is -2.14. The molecule has 0 unspecified atom stereocenters. The number of aliphatic hydroxyl groups is 1. The number of sulfone groups is 1. The van der Waals surface area contributed by atoms with Gasteiger partial charge in [-0.05, 0) is 12.8 Å². The van der Waals surface area contributed by atoms with Gasteiger partial charge in [-0.25, -0.2) is 8.42 Å². The molecular formula is C8H13NO4S. The molecule has 1 saturated carbocycles. The molecule has 1 saturated heterocycles. The summed E-state index contributed by atoms with van der Waals surface area (Å²) in [7, 11) is -3.16. The van der Waals surface area contributed by atoms with Gasteiger partial charge in [0, 0.05) is 5.92 Å². The molecule has 6 heteroatoms. The predicted molar refractivity (Wildman–Crippen MR) is 49.3 cm³/mol. The Hall–Kier alpha value is -0.620. The molecule has 0 spiro atoms. The highest BCUT2D eigenvalue weighted by atomic mass is 32.2. The van der Waals surface area contributed by atoms with Crippen molar-refractivity contribution in [1.82, 2.24) is 5.32 Å². The highest BCUT2D eigenvalue weighted by Gasteiger charge is 2.39. The summed E-state index contributed by atoms with van der Waals surface area (Å²) in [5.74, 6) is -0.438. The second kappa shape index (κ2) is 3.20. The molecule has 0 bridgehead atoms. The highest BCUT2D eigenvalue weighted by molar-refractivity contribution is 7.91. The Morgan fingerprint density at radius 2 is 1.93 bits per heavy atom. The van der Waals surface area contributed by atoms with E-state index in [4.69, 9.17) is 0 Å². The van der Waals surface area contributed by atoms with Crippen LogP contribution in [-0.4, -0.2) is 43.1 Å².